The van der Waals surface area contributed by atoms with Crippen LogP contribution in [-0.2, 0) is 0 Å². The molecule has 0 aliphatic carbocycles. The van der Waals surface area contributed by atoms with E-state index in [0.717, 1.165) is 13.1 Å². The Labute approximate surface area is 122 Å². The second-order valence-corrected chi connectivity index (χ2v) is 5.19. The number of imidazole rings is 1. The number of halogens is 1. The first kappa shape index (κ1) is 13.3. The van der Waals surface area contributed by atoms with Crippen molar-refractivity contribution in [2.45, 2.75) is 18.9 Å². The monoisotopic (exact) mass is 293 g/mol. The average molecular weight is 294 g/mol. The lowest BCUT2D eigenvalue weighted by atomic mass is 10.2. The van der Waals surface area contributed by atoms with Crippen molar-refractivity contribution in [1.82, 2.24) is 29.4 Å². The van der Waals surface area contributed by atoms with E-state index < -0.39 is 0 Å². The number of hydrogen-bond acceptors (Lipinski definition) is 6. The molecule has 8 heteroatoms. The van der Waals surface area contributed by atoms with E-state index >= 15 is 0 Å². The molecule has 1 aliphatic heterocycles. The van der Waals surface area contributed by atoms with Gasteiger partial charge in [-0.15, -0.1) is 0 Å². The van der Waals surface area contributed by atoms with E-state index in [1.165, 1.54) is 12.8 Å². The number of hydrogen-bond donors (Lipinski definition) is 1. The molecule has 0 saturated carbocycles. The lowest BCUT2D eigenvalue weighted by molar-refractivity contribution is 0.322. The maximum Gasteiger partial charge on any atom is 0.241 e. The van der Waals surface area contributed by atoms with Gasteiger partial charge in [-0.3, -0.25) is 4.57 Å². The van der Waals surface area contributed by atoms with Gasteiger partial charge >= 0.3 is 0 Å². The van der Waals surface area contributed by atoms with Crippen LogP contribution >= 0.6 is 11.6 Å². The van der Waals surface area contributed by atoms with Crippen LogP contribution in [0.15, 0.2) is 18.7 Å². The molecule has 0 bridgehead atoms. The van der Waals surface area contributed by atoms with Gasteiger partial charge in [0.2, 0.25) is 17.2 Å². The fourth-order valence-corrected chi connectivity index (χ4v) is 2.51. The first-order valence-electron chi connectivity index (χ1n) is 6.56. The van der Waals surface area contributed by atoms with Crippen molar-refractivity contribution in [2.24, 2.45) is 0 Å². The summed E-state index contributed by atoms with van der Waals surface area (Å²) in [5.41, 5.74) is 0. The van der Waals surface area contributed by atoms with Gasteiger partial charge in [0.15, 0.2) is 0 Å². The maximum atomic E-state index is 5.94. The number of likely N-dealkylation sites (tertiary alicyclic amines) is 1. The summed E-state index contributed by atoms with van der Waals surface area (Å²) < 4.78 is 1.69. The van der Waals surface area contributed by atoms with Crippen molar-refractivity contribution in [1.29, 1.82) is 0 Å². The van der Waals surface area contributed by atoms with Crippen molar-refractivity contribution < 1.29 is 0 Å². The Morgan fingerprint density at radius 3 is 3.00 bits per heavy atom. The Balaban J connectivity index is 1.73. The minimum absolute atomic E-state index is 0.172. The molecule has 0 aromatic carbocycles. The SMILES string of the molecule is CN1CCCC1CNc1nc(Cl)nc(-n2ccnc2)n1. The van der Waals surface area contributed by atoms with Gasteiger partial charge in [-0.05, 0) is 38.0 Å². The minimum atomic E-state index is 0.172. The van der Waals surface area contributed by atoms with Crippen LogP contribution in [0.25, 0.3) is 5.95 Å². The predicted octanol–water partition coefficient (Wildman–Crippen LogP) is 1.22. The van der Waals surface area contributed by atoms with Gasteiger partial charge in [-0.2, -0.15) is 15.0 Å². The lowest BCUT2D eigenvalue weighted by Gasteiger charge is -2.19. The van der Waals surface area contributed by atoms with E-state index in [4.69, 9.17) is 11.6 Å². The molecule has 0 radical (unpaired) electrons. The molecule has 1 aliphatic rings. The second-order valence-electron chi connectivity index (χ2n) is 4.86. The van der Waals surface area contributed by atoms with E-state index in [0.29, 0.717) is 17.9 Å². The van der Waals surface area contributed by atoms with Gasteiger partial charge in [0, 0.05) is 25.0 Å². The molecule has 20 heavy (non-hydrogen) atoms. The zero-order valence-electron chi connectivity index (χ0n) is 11.2. The molecule has 3 heterocycles. The van der Waals surface area contributed by atoms with Crippen LogP contribution in [0, 0.1) is 0 Å². The van der Waals surface area contributed by atoms with Gasteiger partial charge in [0.25, 0.3) is 0 Å². The summed E-state index contributed by atoms with van der Waals surface area (Å²) in [4.78, 5) is 18.9. The van der Waals surface area contributed by atoms with Crippen LogP contribution in [-0.4, -0.2) is 55.6 Å². The quantitative estimate of drug-likeness (QED) is 0.914. The highest BCUT2D eigenvalue weighted by Crippen LogP contribution is 2.15. The van der Waals surface area contributed by atoms with Gasteiger partial charge in [-0.25, -0.2) is 4.98 Å². The number of nitrogens with zero attached hydrogens (tertiary/aromatic N) is 6. The summed E-state index contributed by atoms with van der Waals surface area (Å²) in [6.45, 7) is 1.95. The Hall–Kier alpha value is -1.73. The van der Waals surface area contributed by atoms with E-state index in [1.807, 2.05) is 0 Å². The molecule has 1 N–H and O–H groups in total. The van der Waals surface area contributed by atoms with Crippen molar-refractivity contribution >= 4 is 17.5 Å². The van der Waals surface area contributed by atoms with Crippen molar-refractivity contribution in [2.75, 3.05) is 25.5 Å². The van der Waals surface area contributed by atoms with Gasteiger partial charge in [-0.1, -0.05) is 0 Å². The molecular weight excluding hydrogens is 278 g/mol. The summed E-state index contributed by atoms with van der Waals surface area (Å²) in [5, 5.41) is 3.41. The van der Waals surface area contributed by atoms with Gasteiger partial charge in [0.1, 0.15) is 6.33 Å². The Kier molecular flexibility index (Phi) is 3.79. The zero-order chi connectivity index (χ0) is 13.9. The van der Waals surface area contributed by atoms with E-state index in [2.05, 4.69) is 37.2 Å². The van der Waals surface area contributed by atoms with Crippen molar-refractivity contribution in [3.8, 4) is 5.95 Å². The highest BCUT2D eigenvalue weighted by molar-refractivity contribution is 6.28. The summed E-state index contributed by atoms with van der Waals surface area (Å²) in [6, 6.07) is 0.516. The first-order chi connectivity index (χ1) is 9.72. The Bertz CT molecular complexity index is 571. The molecule has 0 amide bonds. The number of likely N-dealkylation sites (N-methyl/N-ethyl adjacent to an activating group) is 1. The molecule has 7 nitrogen and oxygen atoms in total. The molecule has 1 atom stereocenters. The first-order valence-corrected chi connectivity index (χ1v) is 6.94. The summed E-state index contributed by atoms with van der Waals surface area (Å²) >= 11 is 5.94. The number of nitrogens with one attached hydrogen (secondary N) is 1. The van der Waals surface area contributed by atoms with Gasteiger partial charge < -0.3 is 10.2 Å². The highest BCUT2D eigenvalue weighted by Gasteiger charge is 2.20. The van der Waals surface area contributed by atoms with Crippen LogP contribution in [0.2, 0.25) is 5.28 Å². The summed E-state index contributed by atoms with van der Waals surface area (Å²) in [5.74, 6) is 0.957. The molecule has 2 aromatic rings. The van der Waals surface area contributed by atoms with Crippen molar-refractivity contribution in [3.05, 3.63) is 24.0 Å². The summed E-state index contributed by atoms with van der Waals surface area (Å²) in [7, 11) is 2.14. The third-order valence-electron chi connectivity index (χ3n) is 3.50. The maximum absolute atomic E-state index is 5.94. The Morgan fingerprint density at radius 2 is 2.30 bits per heavy atom. The average Bonchev–Trinajstić information content (AvgIpc) is 3.07. The molecule has 1 saturated heterocycles. The van der Waals surface area contributed by atoms with Crippen LogP contribution < -0.4 is 5.32 Å². The summed E-state index contributed by atoms with van der Waals surface area (Å²) in [6.07, 6.45) is 7.48. The third-order valence-corrected chi connectivity index (χ3v) is 3.67. The van der Waals surface area contributed by atoms with E-state index in [1.54, 1.807) is 23.3 Å². The molecular formula is C12H16ClN7. The predicted molar refractivity (Wildman–Crippen MR) is 76.1 cm³/mol. The van der Waals surface area contributed by atoms with Crippen molar-refractivity contribution in [3.63, 3.8) is 0 Å². The number of aromatic nitrogens is 5. The second kappa shape index (κ2) is 5.72. The molecule has 2 aromatic heterocycles. The highest BCUT2D eigenvalue weighted by atomic mass is 35.5. The fourth-order valence-electron chi connectivity index (χ4n) is 2.36. The topological polar surface area (TPSA) is 71.8 Å². The number of anilines is 1. The van der Waals surface area contributed by atoms with Crippen LogP contribution in [0.4, 0.5) is 5.95 Å². The smallest absolute Gasteiger partial charge is 0.241 e. The number of rotatable bonds is 4. The molecule has 106 valence electrons. The fraction of sp³-hybridized carbons (Fsp3) is 0.500. The third kappa shape index (κ3) is 2.88. The van der Waals surface area contributed by atoms with Crippen LogP contribution in [0.5, 0.6) is 0 Å². The van der Waals surface area contributed by atoms with Gasteiger partial charge in [0.05, 0.1) is 0 Å². The molecule has 1 unspecified atom stereocenters. The largest absolute Gasteiger partial charge is 0.352 e. The van der Waals surface area contributed by atoms with E-state index in [9.17, 15) is 0 Å². The zero-order valence-corrected chi connectivity index (χ0v) is 12.0. The minimum Gasteiger partial charge on any atom is -0.352 e. The molecule has 1 fully saturated rings. The Morgan fingerprint density at radius 1 is 1.40 bits per heavy atom. The van der Waals surface area contributed by atoms with Crippen LogP contribution in [0.1, 0.15) is 12.8 Å². The molecule has 3 rings (SSSR count). The normalized spacial score (nSPS) is 19.4. The standard InChI is InChI=1S/C12H16ClN7/c1-19-5-2-3-9(19)7-15-11-16-10(13)17-12(18-11)20-6-4-14-8-20/h4,6,8-9H,2-3,5,7H2,1H3,(H,15,16,17,18). The van der Waals surface area contributed by atoms with E-state index in [-0.39, 0.29) is 5.28 Å². The lowest BCUT2D eigenvalue weighted by Crippen LogP contribution is -2.32. The van der Waals surface area contributed by atoms with Crippen LogP contribution in [0.3, 0.4) is 0 Å². The molecule has 0 spiro atoms.